The highest BCUT2D eigenvalue weighted by atomic mass is 79.9. The number of nitrogens with two attached hydrogens (primary N) is 1. The van der Waals surface area contributed by atoms with Crippen molar-refractivity contribution in [2.45, 2.75) is 49.3 Å². The molecule has 0 aliphatic carbocycles. The van der Waals surface area contributed by atoms with E-state index >= 15 is 0 Å². The molecule has 1 aromatic heterocycles. The van der Waals surface area contributed by atoms with Crippen LogP contribution >= 0.6 is 27.7 Å². The standard InChI is InChI=1S/C14H19BrN4OS/c1-8(2)19-13(20)17-18-14(19)21-12-5-4-10(6-9(3)16)7-11(12)15/h4-5,7-9H,6,16H2,1-3H3,(H,17,20). The van der Waals surface area contributed by atoms with Crippen molar-refractivity contribution in [3.63, 3.8) is 0 Å². The number of nitrogens with one attached hydrogen (secondary N) is 1. The zero-order chi connectivity index (χ0) is 15.6. The second kappa shape index (κ2) is 6.81. The van der Waals surface area contributed by atoms with Crippen molar-refractivity contribution in [1.29, 1.82) is 0 Å². The summed E-state index contributed by atoms with van der Waals surface area (Å²) >= 11 is 5.04. The second-order valence-corrected chi connectivity index (χ2v) is 7.19. The topological polar surface area (TPSA) is 76.7 Å². The molecular formula is C14H19BrN4OS. The van der Waals surface area contributed by atoms with Gasteiger partial charge in [0.25, 0.3) is 0 Å². The number of hydrogen-bond acceptors (Lipinski definition) is 4. The van der Waals surface area contributed by atoms with Crippen LogP contribution in [0.25, 0.3) is 0 Å². The van der Waals surface area contributed by atoms with Crippen molar-refractivity contribution >= 4 is 27.7 Å². The Labute approximate surface area is 136 Å². The van der Waals surface area contributed by atoms with Gasteiger partial charge in [-0.1, -0.05) is 6.07 Å². The van der Waals surface area contributed by atoms with Gasteiger partial charge in [-0.05, 0) is 72.6 Å². The SMILES string of the molecule is CC(N)Cc1ccc(Sc2n[nH]c(=O)n2C(C)C)c(Br)c1. The summed E-state index contributed by atoms with van der Waals surface area (Å²) in [7, 11) is 0. The number of aromatic nitrogens is 3. The summed E-state index contributed by atoms with van der Waals surface area (Å²) in [6.07, 6.45) is 0.836. The van der Waals surface area contributed by atoms with Gasteiger partial charge in [0.15, 0.2) is 5.16 Å². The van der Waals surface area contributed by atoms with E-state index in [1.807, 2.05) is 26.8 Å². The molecule has 0 aliphatic heterocycles. The third-order valence-electron chi connectivity index (χ3n) is 2.94. The highest BCUT2D eigenvalue weighted by Gasteiger charge is 2.14. The monoisotopic (exact) mass is 370 g/mol. The fraction of sp³-hybridized carbons (Fsp3) is 0.429. The Balaban J connectivity index is 2.26. The largest absolute Gasteiger partial charge is 0.344 e. The molecule has 0 fully saturated rings. The number of aromatic amines is 1. The lowest BCUT2D eigenvalue weighted by molar-refractivity contribution is 0.534. The first kappa shape index (κ1) is 16.3. The van der Waals surface area contributed by atoms with Crippen molar-refractivity contribution in [2.24, 2.45) is 5.73 Å². The minimum atomic E-state index is -0.183. The van der Waals surface area contributed by atoms with Gasteiger partial charge in [0.1, 0.15) is 0 Å². The van der Waals surface area contributed by atoms with Crippen LogP contribution in [-0.4, -0.2) is 20.8 Å². The molecule has 0 amide bonds. The molecule has 1 atom stereocenters. The minimum Gasteiger partial charge on any atom is -0.328 e. The summed E-state index contributed by atoms with van der Waals surface area (Å²) in [5, 5.41) is 7.25. The molecule has 1 aromatic carbocycles. The lowest BCUT2D eigenvalue weighted by Gasteiger charge is -2.11. The highest BCUT2D eigenvalue weighted by molar-refractivity contribution is 9.10. The number of hydrogen-bond donors (Lipinski definition) is 2. The van der Waals surface area contributed by atoms with Crippen molar-refractivity contribution in [2.75, 3.05) is 0 Å². The molecule has 114 valence electrons. The summed E-state index contributed by atoms with van der Waals surface area (Å²) in [4.78, 5) is 12.8. The summed E-state index contributed by atoms with van der Waals surface area (Å²) < 4.78 is 2.63. The summed E-state index contributed by atoms with van der Waals surface area (Å²) in [6.45, 7) is 5.91. The van der Waals surface area contributed by atoms with Gasteiger partial charge in [-0.3, -0.25) is 4.57 Å². The maximum Gasteiger partial charge on any atom is 0.344 e. The van der Waals surface area contributed by atoms with Gasteiger partial charge < -0.3 is 5.73 Å². The van der Waals surface area contributed by atoms with E-state index in [1.165, 1.54) is 17.3 Å². The third kappa shape index (κ3) is 3.99. The van der Waals surface area contributed by atoms with Gasteiger partial charge in [-0.25, -0.2) is 9.89 Å². The maximum atomic E-state index is 11.7. The van der Waals surface area contributed by atoms with Gasteiger partial charge in [-0.15, -0.1) is 5.10 Å². The molecule has 2 rings (SSSR count). The molecule has 1 heterocycles. The summed E-state index contributed by atoms with van der Waals surface area (Å²) in [6, 6.07) is 6.34. The molecule has 2 aromatic rings. The van der Waals surface area contributed by atoms with E-state index in [1.54, 1.807) is 4.57 Å². The lowest BCUT2D eigenvalue weighted by atomic mass is 10.1. The molecule has 7 heteroatoms. The van der Waals surface area contributed by atoms with Crippen LogP contribution in [-0.2, 0) is 6.42 Å². The minimum absolute atomic E-state index is 0.0647. The molecule has 0 saturated carbocycles. The molecular weight excluding hydrogens is 352 g/mol. The van der Waals surface area contributed by atoms with Gasteiger partial charge in [0.05, 0.1) is 0 Å². The number of halogens is 1. The third-order valence-corrected chi connectivity index (χ3v) is 4.91. The second-order valence-electron chi connectivity index (χ2n) is 5.32. The molecule has 5 nitrogen and oxygen atoms in total. The van der Waals surface area contributed by atoms with Crippen LogP contribution in [0.1, 0.15) is 32.4 Å². The Bertz CT molecular complexity index is 678. The van der Waals surface area contributed by atoms with Crippen LogP contribution < -0.4 is 11.4 Å². The normalized spacial score (nSPS) is 12.9. The van der Waals surface area contributed by atoms with Crippen LogP contribution in [0.5, 0.6) is 0 Å². The smallest absolute Gasteiger partial charge is 0.328 e. The number of rotatable bonds is 5. The molecule has 0 saturated heterocycles. The van der Waals surface area contributed by atoms with Crippen molar-refractivity contribution in [1.82, 2.24) is 14.8 Å². The fourth-order valence-electron chi connectivity index (χ4n) is 2.04. The molecule has 0 spiro atoms. The van der Waals surface area contributed by atoms with Crippen LogP contribution in [0.4, 0.5) is 0 Å². The molecule has 1 unspecified atom stereocenters. The van der Waals surface area contributed by atoms with Gasteiger partial charge in [0.2, 0.25) is 0 Å². The maximum absolute atomic E-state index is 11.7. The van der Waals surface area contributed by atoms with Gasteiger partial charge >= 0.3 is 5.69 Å². The van der Waals surface area contributed by atoms with Crippen LogP contribution in [0.3, 0.4) is 0 Å². The number of H-pyrrole nitrogens is 1. The van der Waals surface area contributed by atoms with Crippen molar-refractivity contribution < 1.29 is 0 Å². The zero-order valence-corrected chi connectivity index (χ0v) is 14.7. The quantitative estimate of drug-likeness (QED) is 0.847. The predicted octanol–water partition coefficient (Wildman–Crippen LogP) is 2.96. The van der Waals surface area contributed by atoms with E-state index < -0.39 is 0 Å². The predicted molar refractivity (Wildman–Crippen MR) is 88.9 cm³/mol. The molecule has 0 aliphatic rings. The Morgan fingerprint density at radius 2 is 2.14 bits per heavy atom. The van der Waals surface area contributed by atoms with Crippen LogP contribution in [0, 0.1) is 0 Å². The summed E-state index contributed by atoms with van der Waals surface area (Å²) in [5.41, 5.74) is 6.82. The van der Waals surface area contributed by atoms with E-state index in [-0.39, 0.29) is 17.8 Å². The first-order valence-electron chi connectivity index (χ1n) is 6.77. The van der Waals surface area contributed by atoms with E-state index in [2.05, 4.69) is 38.3 Å². The molecule has 0 radical (unpaired) electrons. The van der Waals surface area contributed by atoms with Gasteiger partial charge in [0, 0.05) is 21.5 Å². The van der Waals surface area contributed by atoms with E-state index in [4.69, 9.17) is 5.73 Å². The lowest BCUT2D eigenvalue weighted by Crippen LogP contribution is -2.19. The molecule has 0 bridgehead atoms. The molecule has 21 heavy (non-hydrogen) atoms. The summed E-state index contributed by atoms with van der Waals surface area (Å²) in [5.74, 6) is 0. The average molecular weight is 371 g/mol. The highest BCUT2D eigenvalue weighted by Crippen LogP contribution is 2.33. The fourth-order valence-corrected chi connectivity index (χ4v) is 3.68. The van der Waals surface area contributed by atoms with E-state index in [9.17, 15) is 4.79 Å². The Hall–Kier alpha value is -1.05. The molecule has 3 N–H and O–H groups in total. The van der Waals surface area contributed by atoms with Gasteiger partial charge in [-0.2, -0.15) is 0 Å². The van der Waals surface area contributed by atoms with E-state index in [0.717, 1.165) is 15.8 Å². The van der Waals surface area contributed by atoms with E-state index in [0.29, 0.717) is 5.16 Å². The number of nitrogens with zero attached hydrogens (tertiary/aromatic N) is 2. The Morgan fingerprint density at radius 1 is 1.43 bits per heavy atom. The Kier molecular flexibility index (Phi) is 5.29. The Morgan fingerprint density at radius 3 is 2.71 bits per heavy atom. The first-order chi connectivity index (χ1) is 9.88. The van der Waals surface area contributed by atoms with Crippen molar-refractivity contribution in [3.05, 3.63) is 38.7 Å². The van der Waals surface area contributed by atoms with Crippen LogP contribution in [0.15, 0.2) is 37.5 Å². The van der Waals surface area contributed by atoms with Crippen molar-refractivity contribution in [3.8, 4) is 0 Å². The van der Waals surface area contributed by atoms with Crippen LogP contribution in [0.2, 0.25) is 0 Å². The first-order valence-corrected chi connectivity index (χ1v) is 8.38. The number of benzene rings is 1. The zero-order valence-electron chi connectivity index (χ0n) is 12.3. The average Bonchev–Trinajstić information content (AvgIpc) is 2.73.